The van der Waals surface area contributed by atoms with Crippen LogP contribution in [0, 0.1) is 5.82 Å². The molecule has 0 unspecified atom stereocenters. The Labute approximate surface area is 117 Å². The monoisotopic (exact) mass is 288 g/mol. The van der Waals surface area contributed by atoms with Crippen molar-refractivity contribution in [2.45, 2.75) is 13.3 Å². The van der Waals surface area contributed by atoms with Crippen LogP contribution >= 0.6 is 11.6 Å². The van der Waals surface area contributed by atoms with E-state index in [2.05, 4.69) is 15.7 Å². The molecular weight excluding hydrogens is 271 g/mol. The molecule has 5 nitrogen and oxygen atoms in total. The number of nitrogens with two attached hydrogens (primary N) is 1. The minimum absolute atomic E-state index is 0.255. The summed E-state index contributed by atoms with van der Waals surface area (Å²) in [6.07, 6.45) is 0.768. The molecule has 106 valence electrons. The number of halogens is 2. The first-order chi connectivity index (χ1) is 9.17. The summed E-state index contributed by atoms with van der Waals surface area (Å²) >= 11 is 5.67. The number of hydrogen-bond acceptors (Lipinski definition) is 3. The maximum Gasteiger partial charge on any atom is 0.210 e. The third-order valence-electron chi connectivity index (χ3n) is 2.24. The first-order valence-electron chi connectivity index (χ1n) is 5.98. The molecule has 0 aromatic heterocycles. The summed E-state index contributed by atoms with van der Waals surface area (Å²) in [5.74, 6) is 5.14. The fourth-order valence-electron chi connectivity index (χ4n) is 1.34. The Morgan fingerprint density at radius 2 is 2.32 bits per heavy atom. The predicted molar refractivity (Wildman–Crippen MR) is 75.8 cm³/mol. The Balaban J connectivity index is 2.53. The fourth-order valence-corrected chi connectivity index (χ4v) is 1.50. The van der Waals surface area contributed by atoms with Gasteiger partial charge in [-0.3, -0.25) is 10.4 Å². The zero-order chi connectivity index (χ0) is 14.1. The van der Waals surface area contributed by atoms with E-state index in [1.54, 1.807) is 6.07 Å². The van der Waals surface area contributed by atoms with Gasteiger partial charge < -0.3 is 10.1 Å². The number of hydrogen-bond donors (Lipinski definition) is 3. The molecule has 0 atom stereocenters. The van der Waals surface area contributed by atoms with Crippen molar-refractivity contribution in [1.29, 1.82) is 0 Å². The van der Waals surface area contributed by atoms with Crippen LogP contribution in [0.5, 0.6) is 0 Å². The van der Waals surface area contributed by atoms with Crippen molar-refractivity contribution in [2.75, 3.05) is 25.1 Å². The van der Waals surface area contributed by atoms with E-state index in [4.69, 9.17) is 22.2 Å². The molecule has 0 saturated carbocycles. The number of ether oxygens (including phenoxy) is 1. The molecule has 0 bridgehead atoms. The smallest absolute Gasteiger partial charge is 0.210 e. The first-order valence-corrected chi connectivity index (χ1v) is 6.36. The Kier molecular flexibility index (Phi) is 7.17. The molecule has 0 spiro atoms. The fraction of sp³-hybridized carbons (Fsp3) is 0.417. The highest BCUT2D eigenvalue weighted by atomic mass is 35.5. The second-order valence-corrected chi connectivity index (χ2v) is 4.11. The molecule has 19 heavy (non-hydrogen) atoms. The van der Waals surface area contributed by atoms with Crippen molar-refractivity contribution in [3.8, 4) is 0 Å². The van der Waals surface area contributed by atoms with E-state index >= 15 is 0 Å². The topological polar surface area (TPSA) is 71.7 Å². The van der Waals surface area contributed by atoms with Gasteiger partial charge in [0.15, 0.2) is 0 Å². The quantitative estimate of drug-likeness (QED) is 0.247. The highest BCUT2D eigenvalue weighted by Gasteiger charge is 2.04. The lowest BCUT2D eigenvalue weighted by molar-refractivity contribution is 0.146. The Bertz CT molecular complexity index is 428. The van der Waals surface area contributed by atoms with Crippen molar-refractivity contribution in [1.82, 2.24) is 5.43 Å². The molecule has 0 radical (unpaired) electrons. The third kappa shape index (κ3) is 5.87. The van der Waals surface area contributed by atoms with Crippen LogP contribution in [0.4, 0.5) is 10.1 Å². The van der Waals surface area contributed by atoms with Crippen LogP contribution in [-0.2, 0) is 4.74 Å². The Hall–Kier alpha value is -1.37. The molecule has 1 aromatic carbocycles. The van der Waals surface area contributed by atoms with Crippen molar-refractivity contribution in [3.63, 3.8) is 0 Å². The molecule has 0 aliphatic rings. The SMILES string of the molecule is CCOCCCN=C(NN)Nc1ccc(Cl)cc1F. The molecule has 0 aliphatic heterocycles. The largest absolute Gasteiger partial charge is 0.382 e. The van der Waals surface area contributed by atoms with Crippen LogP contribution in [-0.4, -0.2) is 25.7 Å². The second-order valence-electron chi connectivity index (χ2n) is 3.67. The molecular formula is C12H18ClFN4O. The Morgan fingerprint density at radius 3 is 2.95 bits per heavy atom. The normalized spacial score (nSPS) is 11.5. The summed E-state index contributed by atoms with van der Waals surface area (Å²) in [4.78, 5) is 4.16. The molecule has 7 heteroatoms. The van der Waals surface area contributed by atoms with Crippen LogP contribution in [0.2, 0.25) is 5.02 Å². The van der Waals surface area contributed by atoms with Gasteiger partial charge in [-0.1, -0.05) is 11.6 Å². The van der Waals surface area contributed by atoms with Gasteiger partial charge in [-0.2, -0.15) is 0 Å². The highest BCUT2D eigenvalue weighted by molar-refractivity contribution is 6.30. The minimum atomic E-state index is -0.468. The number of hydrazine groups is 1. The zero-order valence-electron chi connectivity index (χ0n) is 10.7. The van der Waals surface area contributed by atoms with Gasteiger partial charge in [0, 0.05) is 24.8 Å². The number of anilines is 1. The van der Waals surface area contributed by atoms with Crippen molar-refractivity contribution in [3.05, 3.63) is 29.0 Å². The van der Waals surface area contributed by atoms with Gasteiger partial charge in [0.2, 0.25) is 5.96 Å². The average Bonchev–Trinajstić information content (AvgIpc) is 2.39. The van der Waals surface area contributed by atoms with Gasteiger partial charge in [-0.25, -0.2) is 10.2 Å². The van der Waals surface area contributed by atoms with Crippen molar-refractivity contribution in [2.24, 2.45) is 10.8 Å². The first kappa shape index (κ1) is 15.7. The Morgan fingerprint density at radius 1 is 1.53 bits per heavy atom. The molecule has 0 amide bonds. The second kappa shape index (κ2) is 8.68. The standard InChI is InChI=1S/C12H18ClFN4O/c1-2-19-7-3-6-16-12(18-15)17-11-5-4-9(13)8-10(11)14/h4-5,8H,2-3,6-7,15H2,1H3,(H2,16,17,18). The van der Waals surface area contributed by atoms with Gasteiger partial charge in [-0.15, -0.1) is 0 Å². The number of aliphatic imine (C=N–C) groups is 1. The summed E-state index contributed by atoms with van der Waals surface area (Å²) in [5, 5.41) is 3.09. The molecule has 0 aliphatic carbocycles. The van der Waals surface area contributed by atoms with E-state index in [0.717, 1.165) is 6.42 Å². The van der Waals surface area contributed by atoms with Crippen LogP contribution in [0.1, 0.15) is 13.3 Å². The van der Waals surface area contributed by atoms with Gasteiger partial charge >= 0.3 is 0 Å². The highest BCUT2D eigenvalue weighted by Crippen LogP contribution is 2.18. The summed E-state index contributed by atoms with van der Waals surface area (Å²) in [5.41, 5.74) is 2.64. The zero-order valence-corrected chi connectivity index (χ0v) is 11.5. The average molecular weight is 289 g/mol. The van der Waals surface area contributed by atoms with E-state index in [0.29, 0.717) is 24.8 Å². The lowest BCUT2D eigenvalue weighted by atomic mass is 10.3. The van der Waals surface area contributed by atoms with Crippen molar-refractivity contribution >= 4 is 23.2 Å². The van der Waals surface area contributed by atoms with Gasteiger partial charge in [0.1, 0.15) is 5.82 Å². The van der Waals surface area contributed by atoms with E-state index < -0.39 is 5.82 Å². The molecule has 0 heterocycles. The number of nitrogens with one attached hydrogen (secondary N) is 2. The van der Waals surface area contributed by atoms with Crippen LogP contribution in [0.15, 0.2) is 23.2 Å². The molecule has 4 N–H and O–H groups in total. The van der Waals surface area contributed by atoms with E-state index in [-0.39, 0.29) is 11.6 Å². The summed E-state index contributed by atoms with van der Waals surface area (Å²) in [7, 11) is 0. The summed E-state index contributed by atoms with van der Waals surface area (Å²) in [6, 6.07) is 4.31. The van der Waals surface area contributed by atoms with E-state index in [1.165, 1.54) is 12.1 Å². The molecule has 0 fully saturated rings. The lowest BCUT2D eigenvalue weighted by Crippen LogP contribution is -2.36. The maximum absolute atomic E-state index is 13.5. The molecule has 0 saturated heterocycles. The maximum atomic E-state index is 13.5. The number of guanidine groups is 1. The van der Waals surface area contributed by atoms with Crippen LogP contribution in [0.25, 0.3) is 0 Å². The molecule has 1 rings (SSSR count). The third-order valence-corrected chi connectivity index (χ3v) is 2.48. The number of benzene rings is 1. The summed E-state index contributed by atoms with van der Waals surface area (Å²) < 4.78 is 18.7. The van der Waals surface area contributed by atoms with Crippen LogP contribution < -0.4 is 16.6 Å². The van der Waals surface area contributed by atoms with Crippen LogP contribution in [0.3, 0.4) is 0 Å². The minimum Gasteiger partial charge on any atom is -0.382 e. The van der Waals surface area contributed by atoms with Gasteiger partial charge in [-0.05, 0) is 31.5 Å². The molecule has 1 aromatic rings. The van der Waals surface area contributed by atoms with E-state index in [9.17, 15) is 4.39 Å². The lowest BCUT2D eigenvalue weighted by Gasteiger charge is -2.10. The number of nitrogens with zero attached hydrogens (tertiary/aromatic N) is 1. The summed E-state index contributed by atoms with van der Waals surface area (Å²) in [6.45, 7) is 3.77. The van der Waals surface area contributed by atoms with Gasteiger partial charge in [0.05, 0.1) is 5.69 Å². The van der Waals surface area contributed by atoms with Crippen molar-refractivity contribution < 1.29 is 9.13 Å². The van der Waals surface area contributed by atoms with E-state index in [1.807, 2.05) is 6.92 Å². The predicted octanol–water partition coefficient (Wildman–Crippen LogP) is 2.14. The van der Waals surface area contributed by atoms with Gasteiger partial charge in [0.25, 0.3) is 0 Å². The number of rotatable bonds is 6.